The maximum atomic E-state index is 5.78. The molecule has 7 heteroatoms. The van der Waals surface area contributed by atoms with Crippen molar-refractivity contribution in [3.8, 4) is 0 Å². The van der Waals surface area contributed by atoms with Gasteiger partial charge in [-0.05, 0) is 24.6 Å². The average molecular weight is 439 g/mol. The number of rotatable bonds is 6. The van der Waals surface area contributed by atoms with E-state index in [4.69, 9.17) is 4.42 Å². The van der Waals surface area contributed by atoms with E-state index in [0.29, 0.717) is 6.54 Å². The highest BCUT2D eigenvalue weighted by Crippen LogP contribution is 2.18. The third-order valence-electron chi connectivity index (χ3n) is 3.55. The Morgan fingerprint density at radius 2 is 2.12 bits per heavy atom. The Hall–Kier alpha value is -2.03. The molecule has 0 unspecified atom stereocenters. The van der Waals surface area contributed by atoms with Gasteiger partial charge >= 0.3 is 0 Å². The number of guanidine groups is 1. The summed E-state index contributed by atoms with van der Waals surface area (Å²) in [5.41, 5.74) is 0.909. The normalized spacial score (nSPS) is 11.3. The van der Waals surface area contributed by atoms with Gasteiger partial charge in [0.25, 0.3) is 0 Å². The first kappa shape index (κ1) is 18.3. The Kier molecular flexibility index (Phi) is 7.10. The van der Waals surface area contributed by atoms with Gasteiger partial charge in [0.15, 0.2) is 5.96 Å². The summed E-state index contributed by atoms with van der Waals surface area (Å²) in [7, 11) is 1.77. The number of fused-ring (bicyclic) bond motifs is 1. The second-order valence-corrected chi connectivity index (χ2v) is 5.23. The molecule has 0 fully saturated rings. The van der Waals surface area contributed by atoms with E-state index in [9.17, 15) is 0 Å². The summed E-state index contributed by atoms with van der Waals surface area (Å²) in [6.45, 7) is 2.33. The molecule has 3 aromatic rings. The minimum absolute atomic E-state index is 0. The molecule has 0 aliphatic rings. The maximum Gasteiger partial charge on any atom is 0.191 e. The van der Waals surface area contributed by atoms with Crippen LogP contribution in [0.4, 0.5) is 0 Å². The number of nitrogens with zero attached hydrogens (tertiary/aromatic N) is 3. The van der Waals surface area contributed by atoms with Gasteiger partial charge in [-0.2, -0.15) is 5.10 Å². The third-order valence-corrected chi connectivity index (χ3v) is 3.55. The Bertz CT molecular complexity index is 733. The molecular formula is C17H22IN5O. The van der Waals surface area contributed by atoms with E-state index in [1.807, 2.05) is 47.3 Å². The van der Waals surface area contributed by atoms with Gasteiger partial charge in [0.2, 0.25) is 0 Å². The van der Waals surface area contributed by atoms with Crippen LogP contribution in [0.1, 0.15) is 12.2 Å². The summed E-state index contributed by atoms with van der Waals surface area (Å²) >= 11 is 0. The lowest BCUT2D eigenvalue weighted by Gasteiger charge is -2.10. The lowest BCUT2D eigenvalue weighted by molar-refractivity contribution is 0.536. The van der Waals surface area contributed by atoms with Crippen molar-refractivity contribution in [2.24, 2.45) is 4.99 Å². The number of furan rings is 1. The van der Waals surface area contributed by atoms with Gasteiger partial charge in [0, 0.05) is 37.9 Å². The van der Waals surface area contributed by atoms with Gasteiger partial charge in [-0.3, -0.25) is 9.67 Å². The molecule has 128 valence electrons. The fourth-order valence-electron chi connectivity index (χ4n) is 2.40. The summed E-state index contributed by atoms with van der Waals surface area (Å²) in [5.74, 6) is 1.66. The molecule has 0 atom stereocenters. The van der Waals surface area contributed by atoms with Crippen molar-refractivity contribution in [1.82, 2.24) is 20.4 Å². The number of hydrogen-bond donors (Lipinski definition) is 2. The SMILES string of the molecule is CN=C(NCCCn1cccn1)NCc1cc2ccccc2o1.I. The summed E-state index contributed by atoms with van der Waals surface area (Å²) < 4.78 is 7.70. The molecule has 0 aliphatic carbocycles. The Labute approximate surface area is 158 Å². The number of aliphatic imine (C=N–C) groups is 1. The quantitative estimate of drug-likeness (QED) is 0.268. The summed E-state index contributed by atoms with van der Waals surface area (Å²) in [6, 6.07) is 12.0. The fraction of sp³-hybridized carbons (Fsp3) is 0.294. The number of nitrogens with one attached hydrogen (secondary N) is 2. The Balaban J connectivity index is 0.00000208. The molecule has 0 spiro atoms. The smallest absolute Gasteiger partial charge is 0.191 e. The molecule has 0 radical (unpaired) electrons. The van der Waals surface area contributed by atoms with Crippen molar-refractivity contribution >= 4 is 40.9 Å². The van der Waals surface area contributed by atoms with E-state index in [0.717, 1.165) is 42.2 Å². The zero-order valence-electron chi connectivity index (χ0n) is 13.6. The number of halogens is 1. The molecule has 2 N–H and O–H groups in total. The molecule has 0 saturated heterocycles. The second kappa shape index (κ2) is 9.31. The average Bonchev–Trinajstić information content (AvgIpc) is 3.23. The molecule has 3 rings (SSSR count). The highest BCUT2D eigenvalue weighted by molar-refractivity contribution is 14.0. The van der Waals surface area contributed by atoms with Crippen LogP contribution >= 0.6 is 24.0 Å². The summed E-state index contributed by atoms with van der Waals surface area (Å²) in [6.07, 6.45) is 4.74. The van der Waals surface area contributed by atoms with E-state index < -0.39 is 0 Å². The first-order chi connectivity index (χ1) is 11.3. The van der Waals surface area contributed by atoms with E-state index in [2.05, 4.69) is 20.7 Å². The summed E-state index contributed by atoms with van der Waals surface area (Å²) in [4.78, 5) is 4.22. The number of aryl methyl sites for hydroxylation is 1. The number of aromatic nitrogens is 2. The van der Waals surface area contributed by atoms with Gasteiger partial charge in [-0.25, -0.2) is 0 Å². The molecule has 2 aromatic heterocycles. The topological polar surface area (TPSA) is 67.4 Å². The van der Waals surface area contributed by atoms with Crippen molar-refractivity contribution in [3.63, 3.8) is 0 Å². The Morgan fingerprint density at radius 1 is 1.25 bits per heavy atom. The maximum absolute atomic E-state index is 5.78. The number of benzene rings is 1. The lowest BCUT2D eigenvalue weighted by atomic mass is 10.2. The molecule has 0 amide bonds. The highest BCUT2D eigenvalue weighted by atomic mass is 127. The van der Waals surface area contributed by atoms with Crippen molar-refractivity contribution in [3.05, 3.63) is 54.6 Å². The largest absolute Gasteiger partial charge is 0.459 e. The second-order valence-electron chi connectivity index (χ2n) is 5.23. The fourth-order valence-corrected chi connectivity index (χ4v) is 2.40. The molecule has 6 nitrogen and oxygen atoms in total. The first-order valence-electron chi connectivity index (χ1n) is 7.74. The molecule has 24 heavy (non-hydrogen) atoms. The van der Waals surface area contributed by atoms with Crippen LogP contribution in [0.25, 0.3) is 11.0 Å². The van der Waals surface area contributed by atoms with Gasteiger partial charge in [-0.1, -0.05) is 18.2 Å². The molecular weight excluding hydrogens is 417 g/mol. The predicted molar refractivity (Wildman–Crippen MR) is 107 cm³/mol. The van der Waals surface area contributed by atoms with Crippen molar-refractivity contribution < 1.29 is 4.42 Å². The lowest BCUT2D eigenvalue weighted by Crippen LogP contribution is -2.37. The van der Waals surface area contributed by atoms with Crippen LogP contribution in [-0.2, 0) is 13.1 Å². The molecule has 0 bridgehead atoms. The predicted octanol–water partition coefficient (Wildman–Crippen LogP) is 3.00. The van der Waals surface area contributed by atoms with Gasteiger partial charge in [-0.15, -0.1) is 24.0 Å². The van der Waals surface area contributed by atoms with Crippen LogP contribution in [0.3, 0.4) is 0 Å². The summed E-state index contributed by atoms with van der Waals surface area (Å²) in [5, 5.41) is 11.9. The van der Waals surface area contributed by atoms with Gasteiger partial charge in [0.1, 0.15) is 11.3 Å². The zero-order chi connectivity index (χ0) is 15.9. The van der Waals surface area contributed by atoms with Crippen molar-refractivity contribution in [1.29, 1.82) is 0 Å². The van der Waals surface area contributed by atoms with Crippen molar-refractivity contribution in [2.75, 3.05) is 13.6 Å². The monoisotopic (exact) mass is 439 g/mol. The van der Waals surface area contributed by atoms with E-state index in [1.54, 1.807) is 13.2 Å². The molecule has 2 heterocycles. The highest BCUT2D eigenvalue weighted by Gasteiger charge is 2.04. The first-order valence-corrected chi connectivity index (χ1v) is 7.74. The van der Waals surface area contributed by atoms with Crippen LogP contribution < -0.4 is 10.6 Å². The van der Waals surface area contributed by atoms with E-state index >= 15 is 0 Å². The standard InChI is InChI=1S/C17H21N5O.HI/c1-18-17(19-8-4-10-22-11-5-9-21-22)20-13-15-12-14-6-2-3-7-16(14)23-15;/h2-3,5-7,9,11-12H,4,8,10,13H2,1H3,(H2,18,19,20);1H. The molecule has 1 aromatic carbocycles. The van der Waals surface area contributed by atoms with Gasteiger partial charge in [0.05, 0.1) is 6.54 Å². The number of hydrogen-bond acceptors (Lipinski definition) is 3. The molecule has 0 saturated carbocycles. The zero-order valence-corrected chi connectivity index (χ0v) is 15.9. The molecule has 0 aliphatic heterocycles. The Morgan fingerprint density at radius 3 is 2.88 bits per heavy atom. The van der Waals surface area contributed by atoms with E-state index in [-0.39, 0.29) is 24.0 Å². The van der Waals surface area contributed by atoms with Gasteiger partial charge < -0.3 is 15.1 Å². The van der Waals surface area contributed by atoms with Crippen LogP contribution in [0.2, 0.25) is 0 Å². The van der Waals surface area contributed by atoms with Crippen LogP contribution in [0, 0.1) is 0 Å². The minimum Gasteiger partial charge on any atom is -0.459 e. The third kappa shape index (κ3) is 4.98. The van der Waals surface area contributed by atoms with Crippen LogP contribution in [0.15, 0.2) is 58.2 Å². The van der Waals surface area contributed by atoms with E-state index in [1.165, 1.54) is 0 Å². The van der Waals surface area contributed by atoms with Crippen LogP contribution in [0.5, 0.6) is 0 Å². The number of para-hydroxylation sites is 1. The van der Waals surface area contributed by atoms with Crippen molar-refractivity contribution in [2.45, 2.75) is 19.5 Å². The minimum atomic E-state index is 0. The van der Waals surface area contributed by atoms with Crippen LogP contribution in [-0.4, -0.2) is 29.3 Å².